The Bertz CT molecular complexity index is 971. The summed E-state index contributed by atoms with van der Waals surface area (Å²) in [4.78, 5) is 32.5. The van der Waals surface area contributed by atoms with Crippen LogP contribution in [0.3, 0.4) is 0 Å². The van der Waals surface area contributed by atoms with E-state index in [2.05, 4.69) is 10.3 Å². The van der Waals surface area contributed by atoms with Gasteiger partial charge in [0.15, 0.2) is 0 Å². The van der Waals surface area contributed by atoms with Crippen LogP contribution in [-0.2, 0) is 11.3 Å². The number of hydrogen-bond donors (Lipinski definition) is 3. The fourth-order valence-corrected chi connectivity index (χ4v) is 4.85. The lowest BCUT2D eigenvalue weighted by atomic mass is 9.71. The summed E-state index contributed by atoms with van der Waals surface area (Å²) in [6, 6.07) is 7.42. The molecule has 2 atom stereocenters. The first kappa shape index (κ1) is 22.0. The van der Waals surface area contributed by atoms with E-state index in [4.69, 9.17) is 11.6 Å². The Morgan fingerprint density at radius 1 is 1.35 bits per heavy atom. The molecule has 1 aromatic heterocycles. The van der Waals surface area contributed by atoms with Gasteiger partial charge in [-0.2, -0.15) is 0 Å². The normalized spacial score (nSPS) is 21.4. The summed E-state index contributed by atoms with van der Waals surface area (Å²) in [6.45, 7) is 3.40. The molecule has 3 N–H and O–H groups in total. The van der Waals surface area contributed by atoms with Gasteiger partial charge < -0.3 is 25.2 Å². The number of benzene rings is 1. The summed E-state index contributed by atoms with van der Waals surface area (Å²) in [6.07, 6.45) is 4.07. The SMILES string of the molecule is CC(C(=O)N1CCC[C@@H](N(C)C(=O)NCc2cc3cc(Cl)ccc3[nH]2)C1)C1(O)CCC1. The van der Waals surface area contributed by atoms with Crippen molar-refractivity contribution >= 4 is 34.4 Å². The maximum atomic E-state index is 12.9. The number of H-pyrrole nitrogens is 1. The van der Waals surface area contributed by atoms with Crippen LogP contribution in [0.4, 0.5) is 4.79 Å². The van der Waals surface area contributed by atoms with Crippen LogP contribution in [0.2, 0.25) is 5.02 Å². The molecular formula is C23H31ClN4O3. The van der Waals surface area contributed by atoms with E-state index < -0.39 is 11.5 Å². The number of likely N-dealkylation sites (tertiary alicyclic amines) is 1. The summed E-state index contributed by atoms with van der Waals surface area (Å²) in [7, 11) is 1.78. The van der Waals surface area contributed by atoms with E-state index in [0.717, 1.165) is 35.9 Å². The van der Waals surface area contributed by atoms with Crippen LogP contribution in [0.5, 0.6) is 0 Å². The predicted octanol–water partition coefficient (Wildman–Crippen LogP) is 3.50. The van der Waals surface area contributed by atoms with Crippen LogP contribution in [0.15, 0.2) is 24.3 Å². The first-order valence-corrected chi connectivity index (χ1v) is 11.4. The molecule has 1 saturated heterocycles. The molecule has 1 aromatic carbocycles. The van der Waals surface area contributed by atoms with E-state index in [9.17, 15) is 14.7 Å². The van der Waals surface area contributed by atoms with Crippen LogP contribution in [0.1, 0.15) is 44.7 Å². The second-order valence-corrected chi connectivity index (χ2v) is 9.49. The number of urea groups is 1. The Morgan fingerprint density at radius 3 is 2.84 bits per heavy atom. The molecule has 1 aliphatic carbocycles. The van der Waals surface area contributed by atoms with E-state index >= 15 is 0 Å². The van der Waals surface area contributed by atoms with Crippen molar-refractivity contribution in [3.63, 3.8) is 0 Å². The largest absolute Gasteiger partial charge is 0.389 e. The molecule has 2 aromatic rings. The number of halogens is 1. The Hall–Kier alpha value is -2.25. The van der Waals surface area contributed by atoms with Gasteiger partial charge in [0.05, 0.1) is 24.1 Å². The summed E-state index contributed by atoms with van der Waals surface area (Å²) in [5, 5.41) is 15.2. The highest BCUT2D eigenvalue weighted by Gasteiger charge is 2.45. The number of nitrogens with one attached hydrogen (secondary N) is 2. The minimum atomic E-state index is -0.850. The number of likely N-dealkylation sites (N-methyl/N-ethyl adjacent to an activating group) is 1. The number of amides is 3. The third-order valence-corrected chi connectivity index (χ3v) is 7.28. The van der Waals surface area contributed by atoms with Gasteiger partial charge in [-0.15, -0.1) is 0 Å². The third kappa shape index (κ3) is 4.53. The molecular weight excluding hydrogens is 416 g/mol. The minimum absolute atomic E-state index is 0.00237. The molecule has 0 bridgehead atoms. The topological polar surface area (TPSA) is 88.7 Å². The highest BCUT2D eigenvalue weighted by atomic mass is 35.5. The van der Waals surface area contributed by atoms with E-state index in [-0.39, 0.29) is 18.0 Å². The van der Waals surface area contributed by atoms with E-state index in [1.807, 2.05) is 36.1 Å². The first-order chi connectivity index (χ1) is 14.8. The predicted molar refractivity (Wildman–Crippen MR) is 121 cm³/mol. The molecule has 0 spiro atoms. The zero-order chi connectivity index (χ0) is 22.2. The molecule has 0 radical (unpaired) electrons. The van der Waals surface area contributed by atoms with Gasteiger partial charge in [0.25, 0.3) is 0 Å². The van der Waals surface area contributed by atoms with Crippen molar-refractivity contribution in [3.8, 4) is 0 Å². The number of nitrogens with zero attached hydrogens (tertiary/aromatic N) is 2. The number of aliphatic hydroxyl groups is 1. The molecule has 3 amide bonds. The number of aromatic nitrogens is 1. The standard InChI is InChI=1S/C23H31ClN4O3/c1-15(23(31)8-4-9-23)21(29)28-10-3-5-19(14-28)27(2)22(30)25-13-18-12-16-11-17(24)6-7-20(16)26-18/h6-7,11-12,15,19,26,31H,3-5,8-10,13-14H2,1-2H3,(H,25,30)/t15?,19-/m1/s1. The molecule has 2 fully saturated rings. The van der Waals surface area contributed by atoms with Gasteiger partial charge in [-0.1, -0.05) is 18.5 Å². The van der Waals surface area contributed by atoms with Crippen molar-refractivity contribution in [2.24, 2.45) is 5.92 Å². The van der Waals surface area contributed by atoms with E-state index in [0.29, 0.717) is 37.5 Å². The van der Waals surface area contributed by atoms with Crippen molar-refractivity contribution < 1.29 is 14.7 Å². The van der Waals surface area contributed by atoms with Gasteiger partial charge in [0, 0.05) is 41.8 Å². The number of rotatable bonds is 5. The summed E-state index contributed by atoms with van der Waals surface area (Å²) < 4.78 is 0. The lowest BCUT2D eigenvalue weighted by Gasteiger charge is -2.44. The lowest BCUT2D eigenvalue weighted by molar-refractivity contribution is -0.153. The van der Waals surface area contributed by atoms with Crippen molar-refractivity contribution in [1.29, 1.82) is 0 Å². The second kappa shape index (κ2) is 8.71. The number of carbonyl (C=O) groups is 2. The van der Waals surface area contributed by atoms with Crippen LogP contribution >= 0.6 is 11.6 Å². The Morgan fingerprint density at radius 2 is 2.13 bits per heavy atom. The quantitative estimate of drug-likeness (QED) is 0.656. The molecule has 2 heterocycles. The molecule has 31 heavy (non-hydrogen) atoms. The number of fused-ring (bicyclic) bond motifs is 1. The molecule has 8 heteroatoms. The van der Waals surface area contributed by atoms with Crippen LogP contribution in [0, 0.1) is 5.92 Å². The minimum Gasteiger partial charge on any atom is -0.389 e. The zero-order valence-corrected chi connectivity index (χ0v) is 18.9. The van der Waals surface area contributed by atoms with Crippen LogP contribution in [-0.4, -0.2) is 63.6 Å². The molecule has 1 unspecified atom stereocenters. The Kier molecular flexibility index (Phi) is 6.17. The average molecular weight is 447 g/mol. The zero-order valence-electron chi connectivity index (χ0n) is 18.2. The third-order valence-electron chi connectivity index (χ3n) is 7.04. The highest BCUT2D eigenvalue weighted by Crippen LogP contribution is 2.39. The number of piperidine rings is 1. The van der Waals surface area contributed by atoms with Crippen LogP contribution < -0.4 is 5.32 Å². The van der Waals surface area contributed by atoms with Crippen LogP contribution in [0.25, 0.3) is 10.9 Å². The Balaban J connectivity index is 1.32. The van der Waals surface area contributed by atoms with Gasteiger partial charge in [-0.3, -0.25) is 4.79 Å². The smallest absolute Gasteiger partial charge is 0.317 e. The second-order valence-electron chi connectivity index (χ2n) is 9.05. The molecule has 2 aliphatic rings. The maximum absolute atomic E-state index is 12.9. The average Bonchev–Trinajstić information content (AvgIpc) is 3.16. The summed E-state index contributed by atoms with van der Waals surface area (Å²) >= 11 is 6.04. The van der Waals surface area contributed by atoms with Gasteiger partial charge >= 0.3 is 6.03 Å². The summed E-state index contributed by atoms with van der Waals surface area (Å²) in [5.41, 5.74) is 1.03. The van der Waals surface area contributed by atoms with Crippen molar-refractivity contribution in [1.82, 2.24) is 20.1 Å². The molecule has 168 valence electrons. The number of hydrogen-bond acceptors (Lipinski definition) is 3. The van der Waals surface area contributed by atoms with E-state index in [1.165, 1.54) is 0 Å². The molecule has 1 aliphatic heterocycles. The number of carbonyl (C=O) groups excluding carboxylic acids is 2. The molecule has 7 nitrogen and oxygen atoms in total. The highest BCUT2D eigenvalue weighted by molar-refractivity contribution is 6.31. The lowest BCUT2D eigenvalue weighted by Crippen LogP contribution is -2.56. The fraction of sp³-hybridized carbons (Fsp3) is 0.565. The van der Waals surface area contributed by atoms with Crippen molar-refractivity contribution in [3.05, 3.63) is 35.0 Å². The van der Waals surface area contributed by atoms with Gasteiger partial charge in [-0.25, -0.2) is 4.79 Å². The monoisotopic (exact) mass is 446 g/mol. The van der Waals surface area contributed by atoms with Gasteiger partial charge in [-0.05, 0) is 56.4 Å². The fourth-order valence-electron chi connectivity index (χ4n) is 4.67. The summed E-state index contributed by atoms with van der Waals surface area (Å²) in [5.74, 6) is -0.396. The number of aromatic amines is 1. The van der Waals surface area contributed by atoms with E-state index in [1.54, 1.807) is 11.9 Å². The molecule has 1 saturated carbocycles. The van der Waals surface area contributed by atoms with Gasteiger partial charge in [0.1, 0.15) is 0 Å². The first-order valence-electron chi connectivity index (χ1n) is 11.1. The van der Waals surface area contributed by atoms with Crippen molar-refractivity contribution in [2.75, 3.05) is 20.1 Å². The maximum Gasteiger partial charge on any atom is 0.317 e. The molecule has 4 rings (SSSR count). The van der Waals surface area contributed by atoms with Gasteiger partial charge in [0.2, 0.25) is 5.91 Å². The van der Waals surface area contributed by atoms with Crippen molar-refractivity contribution in [2.45, 2.75) is 57.2 Å². The Labute approximate surface area is 187 Å².